The summed E-state index contributed by atoms with van der Waals surface area (Å²) in [5, 5.41) is 14.6. The van der Waals surface area contributed by atoms with E-state index < -0.39 is 11.8 Å². The second-order valence-corrected chi connectivity index (χ2v) is 7.33. The molecule has 3 aromatic rings. The molecule has 0 radical (unpaired) electrons. The third-order valence-corrected chi connectivity index (χ3v) is 5.32. The van der Waals surface area contributed by atoms with Gasteiger partial charge in [0.2, 0.25) is 0 Å². The van der Waals surface area contributed by atoms with E-state index in [4.69, 9.17) is 11.6 Å². The van der Waals surface area contributed by atoms with Crippen LogP contribution in [0.25, 0.3) is 10.8 Å². The monoisotopic (exact) mass is 409 g/mol. The fourth-order valence-corrected chi connectivity index (χ4v) is 3.75. The van der Waals surface area contributed by atoms with E-state index in [9.17, 15) is 14.7 Å². The van der Waals surface area contributed by atoms with Gasteiger partial charge in [-0.25, -0.2) is 0 Å². The molecule has 6 nitrogen and oxygen atoms in total. The van der Waals surface area contributed by atoms with Crippen LogP contribution in [0.4, 0.5) is 11.4 Å². The summed E-state index contributed by atoms with van der Waals surface area (Å²) >= 11 is 6.05. The zero-order chi connectivity index (χ0) is 20.4. The molecule has 3 aromatic carbocycles. The van der Waals surface area contributed by atoms with Crippen LogP contribution in [-0.4, -0.2) is 48.0 Å². The molecule has 0 aromatic heterocycles. The summed E-state index contributed by atoms with van der Waals surface area (Å²) in [5.74, 6) is -1.12. The molecule has 148 valence electrons. The number of carbonyl (C=O) groups is 2. The van der Waals surface area contributed by atoms with Gasteiger partial charge in [-0.1, -0.05) is 41.9 Å². The van der Waals surface area contributed by atoms with Crippen LogP contribution in [0.15, 0.2) is 60.7 Å². The summed E-state index contributed by atoms with van der Waals surface area (Å²) in [6.45, 7) is 2.16. The van der Waals surface area contributed by atoms with E-state index in [0.29, 0.717) is 47.7 Å². The lowest BCUT2D eigenvalue weighted by Crippen LogP contribution is -2.51. The van der Waals surface area contributed by atoms with Gasteiger partial charge in [0.25, 0.3) is 0 Å². The van der Waals surface area contributed by atoms with Crippen LogP contribution < -0.4 is 10.2 Å². The van der Waals surface area contributed by atoms with Crippen molar-refractivity contribution in [2.24, 2.45) is 0 Å². The standard InChI is InChI=1S/C22H20ClN3O3/c23-15-4-1-5-16(14-15)25-10-12-26(13-11-25)22(29)21(28)24-19-8-2-7-18-17(19)6-3-9-20(18)27/h1-9,14,27H,10-13H2,(H,24,28). The number of rotatable bonds is 2. The summed E-state index contributed by atoms with van der Waals surface area (Å²) in [6, 6.07) is 17.9. The fourth-order valence-electron chi connectivity index (χ4n) is 3.56. The average Bonchev–Trinajstić information content (AvgIpc) is 2.74. The number of halogens is 1. The Hall–Kier alpha value is -3.25. The SMILES string of the molecule is O=C(Nc1cccc2c(O)cccc12)C(=O)N1CCN(c2cccc(Cl)c2)CC1. The highest BCUT2D eigenvalue weighted by molar-refractivity contribution is 6.40. The van der Waals surface area contributed by atoms with Gasteiger partial charge < -0.3 is 20.2 Å². The average molecular weight is 410 g/mol. The summed E-state index contributed by atoms with van der Waals surface area (Å²) in [6.07, 6.45) is 0. The van der Waals surface area contributed by atoms with Crippen molar-refractivity contribution < 1.29 is 14.7 Å². The van der Waals surface area contributed by atoms with E-state index in [1.165, 1.54) is 0 Å². The summed E-state index contributed by atoms with van der Waals surface area (Å²) < 4.78 is 0. The van der Waals surface area contributed by atoms with Crippen molar-refractivity contribution in [3.8, 4) is 5.75 Å². The third kappa shape index (κ3) is 3.98. The number of anilines is 2. The fraction of sp³-hybridized carbons (Fsp3) is 0.182. The van der Waals surface area contributed by atoms with E-state index in [1.807, 2.05) is 24.3 Å². The molecule has 29 heavy (non-hydrogen) atoms. The van der Waals surface area contributed by atoms with Crippen LogP contribution in [0.2, 0.25) is 5.02 Å². The van der Waals surface area contributed by atoms with E-state index in [1.54, 1.807) is 41.3 Å². The van der Waals surface area contributed by atoms with Gasteiger partial charge in [0.15, 0.2) is 0 Å². The molecule has 2 N–H and O–H groups in total. The minimum Gasteiger partial charge on any atom is -0.507 e. The number of hydrogen-bond donors (Lipinski definition) is 2. The Bertz CT molecular complexity index is 1080. The molecule has 0 unspecified atom stereocenters. The molecular formula is C22H20ClN3O3. The molecule has 0 saturated carbocycles. The lowest BCUT2D eigenvalue weighted by molar-refractivity contribution is -0.143. The van der Waals surface area contributed by atoms with Crippen molar-refractivity contribution in [3.05, 3.63) is 65.7 Å². The van der Waals surface area contributed by atoms with Crippen LogP contribution in [0.1, 0.15) is 0 Å². The smallest absolute Gasteiger partial charge is 0.313 e. The van der Waals surface area contributed by atoms with Crippen molar-refractivity contribution >= 4 is 45.6 Å². The van der Waals surface area contributed by atoms with Crippen LogP contribution in [0.5, 0.6) is 5.75 Å². The molecule has 0 bridgehead atoms. The summed E-state index contributed by atoms with van der Waals surface area (Å²) in [5.41, 5.74) is 1.50. The van der Waals surface area contributed by atoms with Crippen LogP contribution in [-0.2, 0) is 9.59 Å². The van der Waals surface area contributed by atoms with E-state index in [0.717, 1.165) is 5.69 Å². The molecule has 1 saturated heterocycles. The second-order valence-electron chi connectivity index (χ2n) is 6.89. The Labute approximate surface area is 173 Å². The number of phenols is 1. The Morgan fingerprint density at radius 2 is 1.59 bits per heavy atom. The summed E-state index contributed by atoms with van der Waals surface area (Å²) in [7, 11) is 0. The maximum atomic E-state index is 12.6. The number of carbonyl (C=O) groups excluding carboxylic acids is 2. The highest BCUT2D eigenvalue weighted by Gasteiger charge is 2.26. The predicted octanol–water partition coefficient (Wildman–Crippen LogP) is 3.49. The number of nitrogens with zero attached hydrogens (tertiary/aromatic N) is 2. The van der Waals surface area contributed by atoms with Crippen molar-refractivity contribution in [1.29, 1.82) is 0 Å². The molecule has 0 spiro atoms. The molecule has 1 aliphatic heterocycles. The Morgan fingerprint density at radius 3 is 2.34 bits per heavy atom. The Kier molecular flexibility index (Phi) is 5.27. The lowest BCUT2D eigenvalue weighted by Gasteiger charge is -2.35. The van der Waals surface area contributed by atoms with Gasteiger partial charge in [0.1, 0.15) is 5.75 Å². The third-order valence-electron chi connectivity index (χ3n) is 5.08. The topological polar surface area (TPSA) is 72.9 Å². The highest BCUT2D eigenvalue weighted by Crippen LogP contribution is 2.29. The van der Waals surface area contributed by atoms with Gasteiger partial charge in [-0.2, -0.15) is 0 Å². The molecule has 1 fully saturated rings. The maximum absolute atomic E-state index is 12.6. The van der Waals surface area contributed by atoms with Gasteiger partial charge in [-0.3, -0.25) is 9.59 Å². The van der Waals surface area contributed by atoms with Crippen molar-refractivity contribution in [2.45, 2.75) is 0 Å². The van der Waals surface area contributed by atoms with E-state index in [2.05, 4.69) is 10.2 Å². The first-order valence-electron chi connectivity index (χ1n) is 9.34. The summed E-state index contributed by atoms with van der Waals surface area (Å²) in [4.78, 5) is 28.9. The van der Waals surface area contributed by atoms with Crippen molar-refractivity contribution in [3.63, 3.8) is 0 Å². The quantitative estimate of drug-likeness (QED) is 0.635. The number of nitrogens with one attached hydrogen (secondary N) is 1. The van der Waals surface area contributed by atoms with Gasteiger partial charge in [0, 0.05) is 53.3 Å². The number of benzene rings is 3. The zero-order valence-electron chi connectivity index (χ0n) is 15.6. The number of phenolic OH excluding ortho intramolecular Hbond substituents is 1. The van der Waals surface area contributed by atoms with Gasteiger partial charge in [-0.05, 0) is 30.3 Å². The van der Waals surface area contributed by atoms with E-state index in [-0.39, 0.29) is 5.75 Å². The molecule has 7 heteroatoms. The minimum absolute atomic E-state index is 0.127. The largest absolute Gasteiger partial charge is 0.507 e. The van der Waals surface area contributed by atoms with Crippen LogP contribution in [0.3, 0.4) is 0 Å². The molecule has 2 amide bonds. The predicted molar refractivity (Wildman–Crippen MR) is 114 cm³/mol. The van der Waals surface area contributed by atoms with Crippen molar-refractivity contribution in [1.82, 2.24) is 4.90 Å². The molecule has 1 heterocycles. The van der Waals surface area contributed by atoms with Crippen molar-refractivity contribution in [2.75, 3.05) is 36.4 Å². The van der Waals surface area contributed by atoms with Crippen LogP contribution >= 0.6 is 11.6 Å². The molecule has 0 aliphatic carbocycles. The molecule has 0 atom stereocenters. The first-order chi connectivity index (χ1) is 14.0. The highest BCUT2D eigenvalue weighted by atomic mass is 35.5. The van der Waals surface area contributed by atoms with Gasteiger partial charge >= 0.3 is 11.8 Å². The molecular weight excluding hydrogens is 390 g/mol. The number of aromatic hydroxyl groups is 1. The number of amides is 2. The molecule has 4 rings (SSSR count). The number of piperazine rings is 1. The second kappa shape index (κ2) is 8.01. The van der Waals surface area contributed by atoms with Crippen LogP contribution in [0, 0.1) is 0 Å². The first-order valence-corrected chi connectivity index (χ1v) is 9.72. The zero-order valence-corrected chi connectivity index (χ0v) is 16.4. The molecule has 1 aliphatic rings. The van der Waals surface area contributed by atoms with Gasteiger partial charge in [0.05, 0.1) is 0 Å². The minimum atomic E-state index is -0.683. The first kappa shape index (κ1) is 19.1. The van der Waals surface area contributed by atoms with Gasteiger partial charge in [-0.15, -0.1) is 0 Å². The lowest BCUT2D eigenvalue weighted by atomic mass is 10.1. The number of fused-ring (bicyclic) bond motifs is 1. The Balaban J connectivity index is 1.42. The Morgan fingerprint density at radius 1 is 0.897 bits per heavy atom. The maximum Gasteiger partial charge on any atom is 0.313 e. The van der Waals surface area contributed by atoms with E-state index >= 15 is 0 Å². The normalized spacial score (nSPS) is 14.1. The number of hydrogen-bond acceptors (Lipinski definition) is 4.